The molecule has 1 rings (SSSR count). The van der Waals surface area contributed by atoms with Crippen molar-refractivity contribution in [3.63, 3.8) is 0 Å². The van der Waals surface area contributed by atoms with Gasteiger partial charge in [0.25, 0.3) is 0 Å². The number of amides is 1. The molecule has 0 spiro atoms. The van der Waals surface area contributed by atoms with Gasteiger partial charge in [0, 0.05) is 19.7 Å². The Morgan fingerprint density at radius 2 is 1.83 bits per heavy atom. The van der Waals surface area contributed by atoms with Crippen LogP contribution in [0.4, 0.5) is 0 Å². The summed E-state index contributed by atoms with van der Waals surface area (Å²) in [7, 11) is 3.61. The van der Waals surface area contributed by atoms with Gasteiger partial charge in [-0.2, -0.15) is 0 Å². The Labute approximate surface area is 110 Å². The van der Waals surface area contributed by atoms with E-state index in [0.29, 0.717) is 0 Å². The minimum Gasteiger partial charge on any atom is -0.345 e. The van der Waals surface area contributed by atoms with Crippen molar-refractivity contribution in [3.05, 3.63) is 41.5 Å². The van der Waals surface area contributed by atoms with Crippen LogP contribution in [0, 0.1) is 0 Å². The summed E-state index contributed by atoms with van der Waals surface area (Å²) in [6.45, 7) is 2.17. The van der Waals surface area contributed by atoms with Crippen LogP contribution in [-0.2, 0) is 4.79 Å². The van der Waals surface area contributed by atoms with Crippen LogP contribution in [-0.4, -0.2) is 24.9 Å². The number of nitrogens with zero attached hydrogens (tertiary/aromatic N) is 1. The average Bonchev–Trinajstić information content (AvgIpc) is 2.38. The molecule has 0 radical (unpaired) electrons. The molecule has 0 unspecified atom stereocenters. The number of hydrogen-bond acceptors (Lipinski definition) is 1. The SMILES string of the molecule is CCCCCC(=Cc1ccccc1)C(=O)N(C)C. The van der Waals surface area contributed by atoms with Crippen LogP contribution < -0.4 is 0 Å². The molecule has 18 heavy (non-hydrogen) atoms. The molecular formula is C16H23NO. The fourth-order valence-electron chi connectivity index (χ4n) is 1.84. The molecule has 0 aliphatic heterocycles. The van der Waals surface area contributed by atoms with Crippen molar-refractivity contribution in [3.8, 4) is 0 Å². The lowest BCUT2D eigenvalue weighted by atomic mass is 10.0. The maximum absolute atomic E-state index is 12.1. The standard InChI is InChI=1S/C16H23NO/c1-4-5-7-12-15(16(18)17(2)3)13-14-10-8-6-9-11-14/h6,8-11,13H,4-5,7,12H2,1-3H3. The molecule has 0 saturated carbocycles. The molecule has 1 amide bonds. The number of carbonyl (C=O) groups excluding carboxylic acids is 1. The summed E-state index contributed by atoms with van der Waals surface area (Å²) in [6.07, 6.45) is 6.30. The van der Waals surface area contributed by atoms with E-state index in [-0.39, 0.29) is 5.91 Å². The molecule has 2 nitrogen and oxygen atoms in total. The molecule has 0 heterocycles. The number of rotatable bonds is 6. The summed E-state index contributed by atoms with van der Waals surface area (Å²) in [5.41, 5.74) is 2.00. The van der Waals surface area contributed by atoms with E-state index < -0.39 is 0 Å². The smallest absolute Gasteiger partial charge is 0.249 e. The van der Waals surface area contributed by atoms with Crippen molar-refractivity contribution >= 4 is 12.0 Å². The number of unbranched alkanes of at least 4 members (excludes halogenated alkanes) is 2. The van der Waals surface area contributed by atoms with E-state index in [1.165, 1.54) is 12.8 Å². The zero-order chi connectivity index (χ0) is 13.4. The molecule has 0 N–H and O–H groups in total. The fraction of sp³-hybridized carbons (Fsp3) is 0.438. The van der Waals surface area contributed by atoms with E-state index in [9.17, 15) is 4.79 Å². The summed E-state index contributed by atoms with van der Waals surface area (Å²) in [4.78, 5) is 13.8. The van der Waals surface area contributed by atoms with Gasteiger partial charge in [0.05, 0.1) is 0 Å². The highest BCUT2D eigenvalue weighted by Gasteiger charge is 2.11. The van der Waals surface area contributed by atoms with Gasteiger partial charge in [-0.1, -0.05) is 50.1 Å². The number of likely N-dealkylation sites (N-methyl/N-ethyl adjacent to an activating group) is 1. The van der Waals surface area contributed by atoms with Gasteiger partial charge in [0.1, 0.15) is 0 Å². The Morgan fingerprint density at radius 3 is 2.39 bits per heavy atom. The number of benzene rings is 1. The van der Waals surface area contributed by atoms with Crippen LogP contribution in [0.1, 0.15) is 38.2 Å². The highest BCUT2D eigenvalue weighted by molar-refractivity contribution is 5.97. The number of carbonyl (C=O) groups is 1. The van der Waals surface area contributed by atoms with Crippen molar-refractivity contribution in [2.24, 2.45) is 0 Å². The second kappa shape index (κ2) is 7.70. The van der Waals surface area contributed by atoms with Crippen molar-refractivity contribution < 1.29 is 4.79 Å². The summed E-state index contributed by atoms with van der Waals surface area (Å²) in [5, 5.41) is 0. The third kappa shape index (κ3) is 4.74. The monoisotopic (exact) mass is 245 g/mol. The van der Waals surface area contributed by atoms with Crippen LogP contribution in [0.25, 0.3) is 6.08 Å². The van der Waals surface area contributed by atoms with E-state index in [1.54, 1.807) is 19.0 Å². The van der Waals surface area contributed by atoms with E-state index in [4.69, 9.17) is 0 Å². The third-order valence-electron chi connectivity index (χ3n) is 2.87. The molecule has 1 aromatic rings. The molecule has 98 valence electrons. The molecule has 0 bridgehead atoms. The predicted molar refractivity (Wildman–Crippen MR) is 77.3 cm³/mol. The molecule has 0 aliphatic carbocycles. The Bertz CT molecular complexity index is 393. The molecular weight excluding hydrogens is 222 g/mol. The van der Waals surface area contributed by atoms with Gasteiger partial charge in [-0.3, -0.25) is 4.79 Å². The third-order valence-corrected chi connectivity index (χ3v) is 2.87. The van der Waals surface area contributed by atoms with E-state index >= 15 is 0 Å². The lowest BCUT2D eigenvalue weighted by Gasteiger charge is -2.13. The quantitative estimate of drug-likeness (QED) is 0.552. The summed E-state index contributed by atoms with van der Waals surface area (Å²) in [6, 6.07) is 10.0. The topological polar surface area (TPSA) is 20.3 Å². The first-order valence-electron chi connectivity index (χ1n) is 6.62. The van der Waals surface area contributed by atoms with Crippen LogP contribution in [0.3, 0.4) is 0 Å². The number of hydrogen-bond donors (Lipinski definition) is 0. The molecule has 2 heteroatoms. The lowest BCUT2D eigenvalue weighted by molar-refractivity contribution is -0.124. The first-order valence-corrected chi connectivity index (χ1v) is 6.62. The van der Waals surface area contributed by atoms with Gasteiger partial charge in [-0.05, 0) is 24.5 Å². The minimum absolute atomic E-state index is 0.120. The van der Waals surface area contributed by atoms with E-state index in [0.717, 1.165) is 24.0 Å². The average molecular weight is 245 g/mol. The highest BCUT2D eigenvalue weighted by Crippen LogP contribution is 2.15. The van der Waals surface area contributed by atoms with E-state index in [1.807, 2.05) is 36.4 Å². The van der Waals surface area contributed by atoms with Gasteiger partial charge in [-0.25, -0.2) is 0 Å². The molecule has 0 aliphatic rings. The Hall–Kier alpha value is -1.57. The Morgan fingerprint density at radius 1 is 1.17 bits per heavy atom. The van der Waals surface area contributed by atoms with Crippen LogP contribution in [0.2, 0.25) is 0 Å². The van der Waals surface area contributed by atoms with Gasteiger partial charge in [0.15, 0.2) is 0 Å². The van der Waals surface area contributed by atoms with Crippen molar-refractivity contribution in [2.45, 2.75) is 32.6 Å². The van der Waals surface area contributed by atoms with Crippen LogP contribution in [0.15, 0.2) is 35.9 Å². The first kappa shape index (κ1) is 14.5. The zero-order valence-corrected chi connectivity index (χ0v) is 11.6. The minimum atomic E-state index is 0.120. The maximum Gasteiger partial charge on any atom is 0.249 e. The largest absolute Gasteiger partial charge is 0.345 e. The highest BCUT2D eigenvalue weighted by atomic mass is 16.2. The Balaban J connectivity index is 2.83. The van der Waals surface area contributed by atoms with Gasteiger partial charge < -0.3 is 4.90 Å². The lowest BCUT2D eigenvalue weighted by Crippen LogP contribution is -2.23. The van der Waals surface area contributed by atoms with Gasteiger partial charge in [-0.15, -0.1) is 0 Å². The summed E-state index contributed by atoms with van der Waals surface area (Å²) < 4.78 is 0. The molecule has 0 saturated heterocycles. The zero-order valence-electron chi connectivity index (χ0n) is 11.6. The van der Waals surface area contributed by atoms with Crippen LogP contribution in [0.5, 0.6) is 0 Å². The molecule has 0 atom stereocenters. The second-order valence-electron chi connectivity index (χ2n) is 4.74. The van der Waals surface area contributed by atoms with Gasteiger partial charge in [0.2, 0.25) is 5.91 Å². The molecule has 1 aromatic carbocycles. The van der Waals surface area contributed by atoms with Crippen molar-refractivity contribution in [1.82, 2.24) is 4.90 Å². The summed E-state index contributed by atoms with van der Waals surface area (Å²) in [5.74, 6) is 0.120. The van der Waals surface area contributed by atoms with Crippen molar-refractivity contribution in [1.29, 1.82) is 0 Å². The Kier molecular flexibility index (Phi) is 6.20. The maximum atomic E-state index is 12.1. The molecule has 0 aromatic heterocycles. The van der Waals surface area contributed by atoms with Crippen molar-refractivity contribution in [2.75, 3.05) is 14.1 Å². The fourth-order valence-corrected chi connectivity index (χ4v) is 1.84. The van der Waals surface area contributed by atoms with Gasteiger partial charge >= 0.3 is 0 Å². The second-order valence-corrected chi connectivity index (χ2v) is 4.74. The normalized spacial score (nSPS) is 11.4. The predicted octanol–water partition coefficient (Wildman–Crippen LogP) is 3.74. The van der Waals surface area contributed by atoms with Crippen LogP contribution >= 0.6 is 0 Å². The van der Waals surface area contributed by atoms with E-state index in [2.05, 4.69) is 6.92 Å². The first-order chi connectivity index (χ1) is 8.65. The molecule has 0 fully saturated rings. The summed E-state index contributed by atoms with van der Waals surface area (Å²) >= 11 is 0.